The minimum Gasteiger partial charge on any atom is -0.353 e. The van der Waals surface area contributed by atoms with Gasteiger partial charge in [0.25, 0.3) is 5.91 Å². The van der Waals surface area contributed by atoms with Crippen LogP contribution in [0, 0.1) is 20.8 Å². The van der Waals surface area contributed by atoms with Crippen molar-refractivity contribution >= 4 is 23.1 Å². The summed E-state index contributed by atoms with van der Waals surface area (Å²) in [6.07, 6.45) is 1.90. The molecule has 1 saturated heterocycles. The van der Waals surface area contributed by atoms with Crippen LogP contribution in [0.15, 0.2) is 42.6 Å². The SMILES string of the molecule is Cc1ccccc1C(=O)N1CCN(c2ccc(-c3nc(C)c(C)s3)cn2)CC1. The average Bonchev–Trinajstić information content (AvgIpc) is 3.07. The van der Waals surface area contributed by atoms with Crippen LogP contribution in [-0.2, 0) is 0 Å². The second-order valence-electron chi connectivity index (χ2n) is 7.16. The summed E-state index contributed by atoms with van der Waals surface area (Å²) >= 11 is 1.70. The molecule has 0 radical (unpaired) electrons. The fourth-order valence-corrected chi connectivity index (χ4v) is 4.32. The molecule has 0 spiro atoms. The predicted octanol–water partition coefficient (Wildman–Crippen LogP) is 4.09. The summed E-state index contributed by atoms with van der Waals surface area (Å²) in [5.41, 5.74) is 3.96. The molecule has 5 nitrogen and oxygen atoms in total. The zero-order valence-electron chi connectivity index (χ0n) is 16.5. The summed E-state index contributed by atoms with van der Waals surface area (Å²) in [4.78, 5) is 27.5. The van der Waals surface area contributed by atoms with Crippen LogP contribution in [0.4, 0.5) is 5.82 Å². The molecule has 6 heteroatoms. The second-order valence-corrected chi connectivity index (χ2v) is 8.36. The van der Waals surface area contributed by atoms with Crippen molar-refractivity contribution in [2.75, 3.05) is 31.1 Å². The van der Waals surface area contributed by atoms with Crippen molar-refractivity contribution in [2.45, 2.75) is 20.8 Å². The van der Waals surface area contributed by atoms with E-state index in [1.54, 1.807) is 11.3 Å². The quantitative estimate of drug-likeness (QED) is 0.674. The number of aromatic nitrogens is 2. The maximum Gasteiger partial charge on any atom is 0.254 e. The van der Waals surface area contributed by atoms with Gasteiger partial charge in [-0.1, -0.05) is 18.2 Å². The monoisotopic (exact) mass is 392 g/mol. The van der Waals surface area contributed by atoms with E-state index in [4.69, 9.17) is 0 Å². The van der Waals surface area contributed by atoms with Gasteiger partial charge in [0.05, 0.1) is 5.69 Å². The lowest BCUT2D eigenvalue weighted by atomic mass is 10.1. The molecule has 0 unspecified atom stereocenters. The molecule has 1 aliphatic heterocycles. The number of thiazole rings is 1. The van der Waals surface area contributed by atoms with Gasteiger partial charge in [0.2, 0.25) is 0 Å². The molecule has 1 amide bonds. The molecule has 1 aromatic carbocycles. The van der Waals surface area contributed by atoms with Gasteiger partial charge in [0, 0.05) is 48.4 Å². The van der Waals surface area contributed by atoms with Crippen LogP contribution in [0.5, 0.6) is 0 Å². The highest BCUT2D eigenvalue weighted by atomic mass is 32.1. The number of pyridine rings is 1. The predicted molar refractivity (Wildman–Crippen MR) is 114 cm³/mol. The Morgan fingerprint density at radius 3 is 2.36 bits per heavy atom. The van der Waals surface area contributed by atoms with Gasteiger partial charge in [0.1, 0.15) is 10.8 Å². The van der Waals surface area contributed by atoms with Crippen LogP contribution in [0.2, 0.25) is 0 Å². The minimum absolute atomic E-state index is 0.121. The first-order valence-corrected chi connectivity index (χ1v) is 10.3. The molecule has 0 aliphatic carbocycles. The number of carbonyl (C=O) groups is 1. The summed E-state index contributed by atoms with van der Waals surface area (Å²) in [5, 5.41) is 1.02. The molecule has 3 heterocycles. The van der Waals surface area contributed by atoms with Crippen molar-refractivity contribution in [2.24, 2.45) is 0 Å². The Bertz CT molecular complexity index is 969. The lowest BCUT2D eigenvalue weighted by Gasteiger charge is -2.35. The van der Waals surface area contributed by atoms with Gasteiger partial charge in [-0.05, 0) is 44.5 Å². The average molecular weight is 393 g/mol. The molecule has 0 N–H and O–H groups in total. The van der Waals surface area contributed by atoms with E-state index in [9.17, 15) is 4.79 Å². The third-order valence-electron chi connectivity index (χ3n) is 5.29. The Morgan fingerprint density at radius 2 is 1.75 bits per heavy atom. The minimum atomic E-state index is 0.121. The van der Waals surface area contributed by atoms with Crippen LogP contribution in [0.1, 0.15) is 26.5 Å². The summed E-state index contributed by atoms with van der Waals surface area (Å²) in [7, 11) is 0. The highest BCUT2D eigenvalue weighted by Crippen LogP contribution is 2.28. The lowest BCUT2D eigenvalue weighted by molar-refractivity contribution is 0.0746. The van der Waals surface area contributed by atoms with E-state index in [2.05, 4.69) is 33.9 Å². The number of nitrogens with zero attached hydrogens (tertiary/aromatic N) is 4. The fourth-order valence-electron chi connectivity index (χ4n) is 3.42. The Morgan fingerprint density at radius 1 is 1.00 bits per heavy atom. The normalized spacial score (nSPS) is 14.4. The van der Waals surface area contributed by atoms with Crippen LogP contribution in [-0.4, -0.2) is 47.0 Å². The lowest BCUT2D eigenvalue weighted by Crippen LogP contribution is -2.49. The van der Waals surface area contributed by atoms with Gasteiger partial charge < -0.3 is 9.80 Å². The Hall–Kier alpha value is -2.73. The Labute approximate surface area is 169 Å². The molecule has 3 aromatic rings. The van der Waals surface area contributed by atoms with Crippen molar-refractivity contribution in [1.29, 1.82) is 0 Å². The van der Waals surface area contributed by atoms with Gasteiger partial charge in [-0.25, -0.2) is 9.97 Å². The van der Waals surface area contributed by atoms with E-state index in [1.165, 1.54) is 4.88 Å². The fraction of sp³-hybridized carbons (Fsp3) is 0.318. The van der Waals surface area contributed by atoms with Crippen molar-refractivity contribution in [3.8, 4) is 10.6 Å². The third-order valence-corrected chi connectivity index (χ3v) is 6.41. The van der Waals surface area contributed by atoms with Crippen LogP contribution in [0.3, 0.4) is 0 Å². The maximum absolute atomic E-state index is 12.8. The second kappa shape index (κ2) is 7.72. The number of aryl methyl sites for hydroxylation is 3. The van der Waals surface area contributed by atoms with Crippen LogP contribution < -0.4 is 4.90 Å². The topological polar surface area (TPSA) is 49.3 Å². The molecule has 2 aromatic heterocycles. The molecule has 0 bridgehead atoms. The molecule has 1 aliphatic rings. The number of anilines is 1. The molecule has 0 saturated carbocycles. The van der Waals surface area contributed by atoms with Gasteiger partial charge in [0.15, 0.2) is 0 Å². The summed E-state index contributed by atoms with van der Waals surface area (Å²) < 4.78 is 0. The first-order chi connectivity index (χ1) is 13.5. The molecular weight excluding hydrogens is 368 g/mol. The molecule has 0 atom stereocenters. The van der Waals surface area contributed by atoms with E-state index >= 15 is 0 Å². The molecule has 28 heavy (non-hydrogen) atoms. The first kappa shape index (κ1) is 18.6. The number of carbonyl (C=O) groups excluding carboxylic acids is 1. The number of piperazine rings is 1. The molecule has 144 valence electrons. The van der Waals surface area contributed by atoms with E-state index in [1.807, 2.05) is 49.2 Å². The number of hydrogen-bond acceptors (Lipinski definition) is 5. The van der Waals surface area contributed by atoms with Gasteiger partial charge in [-0.2, -0.15) is 0 Å². The largest absolute Gasteiger partial charge is 0.353 e. The van der Waals surface area contributed by atoms with E-state index in [0.717, 1.165) is 46.3 Å². The molecule has 1 fully saturated rings. The smallest absolute Gasteiger partial charge is 0.254 e. The number of benzene rings is 1. The number of amides is 1. The zero-order valence-corrected chi connectivity index (χ0v) is 17.3. The van der Waals surface area contributed by atoms with Gasteiger partial charge in [-0.15, -0.1) is 11.3 Å². The van der Waals surface area contributed by atoms with Crippen LogP contribution >= 0.6 is 11.3 Å². The maximum atomic E-state index is 12.8. The standard InChI is InChI=1S/C22H24N4OS/c1-15-6-4-5-7-19(15)22(27)26-12-10-25(11-13-26)20-9-8-18(14-23-20)21-24-16(2)17(3)28-21/h4-9,14H,10-13H2,1-3H3. The van der Waals surface area contributed by atoms with E-state index in [-0.39, 0.29) is 5.91 Å². The highest BCUT2D eigenvalue weighted by Gasteiger charge is 2.23. The summed E-state index contributed by atoms with van der Waals surface area (Å²) in [6, 6.07) is 11.9. The van der Waals surface area contributed by atoms with Crippen molar-refractivity contribution in [3.63, 3.8) is 0 Å². The number of hydrogen-bond donors (Lipinski definition) is 0. The summed E-state index contributed by atoms with van der Waals surface area (Å²) in [5.74, 6) is 1.08. The van der Waals surface area contributed by atoms with Crippen molar-refractivity contribution in [3.05, 3.63) is 64.3 Å². The van der Waals surface area contributed by atoms with Crippen LogP contribution in [0.25, 0.3) is 10.6 Å². The first-order valence-electron chi connectivity index (χ1n) is 9.53. The third kappa shape index (κ3) is 3.64. The van der Waals surface area contributed by atoms with E-state index < -0.39 is 0 Å². The zero-order chi connectivity index (χ0) is 19.7. The molecule has 4 rings (SSSR count). The Balaban J connectivity index is 1.41. The van der Waals surface area contributed by atoms with Crippen molar-refractivity contribution in [1.82, 2.24) is 14.9 Å². The van der Waals surface area contributed by atoms with Gasteiger partial charge >= 0.3 is 0 Å². The van der Waals surface area contributed by atoms with E-state index in [0.29, 0.717) is 13.1 Å². The number of rotatable bonds is 3. The highest BCUT2D eigenvalue weighted by molar-refractivity contribution is 7.15. The van der Waals surface area contributed by atoms with Crippen molar-refractivity contribution < 1.29 is 4.79 Å². The summed E-state index contributed by atoms with van der Waals surface area (Å²) in [6.45, 7) is 9.12. The Kier molecular flexibility index (Phi) is 5.13. The molecular formula is C22H24N4OS. The van der Waals surface area contributed by atoms with Gasteiger partial charge in [-0.3, -0.25) is 4.79 Å².